The lowest BCUT2D eigenvalue weighted by molar-refractivity contribution is -0.116. The highest BCUT2D eigenvalue weighted by molar-refractivity contribution is 6.34. The molecule has 94 valence electrons. The van der Waals surface area contributed by atoms with E-state index >= 15 is 0 Å². The van der Waals surface area contributed by atoms with Crippen LogP contribution in [0.15, 0.2) is 18.2 Å². The first-order chi connectivity index (χ1) is 7.81. The van der Waals surface area contributed by atoms with Crippen molar-refractivity contribution in [3.63, 3.8) is 0 Å². The van der Waals surface area contributed by atoms with Crippen LogP contribution in [0, 0.1) is 0 Å². The molecule has 0 unspecified atom stereocenters. The molecule has 0 fully saturated rings. The average molecular weight is 274 g/mol. The van der Waals surface area contributed by atoms with Gasteiger partial charge in [-0.2, -0.15) is 0 Å². The van der Waals surface area contributed by atoms with E-state index in [4.69, 9.17) is 23.2 Å². The molecule has 0 saturated heterocycles. The van der Waals surface area contributed by atoms with Gasteiger partial charge in [0.1, 0.15) is 5.78 Å². The van der Waals surface area contributed by atoms with Crippen molar-refractivity contribution in [1.29, 1.82) is 0 Å². The number of halogens is 2. The van der Waals surface area contributed by atoms with Gasteiger partial charge >= 0.3 is 0 Å². The van der Waals surface area contributed by atoms with Crippen molar-refractivity contribution in [1.82, 2.24) is 5.32 Å². The van der Waals surface area contributed by atoms with Crippen LogP contribution >= 0.6 is 23.2 Å². The fraction of sp³-hybridized carbons (Fsp3) is 0.462. The molecule has 0 atom stereocenters. The Morgan fingerprint density at radius 3 is 2.24 bits per heavy atom. The van der Waals surface area contributed by atoms with Crippen LogP contribution in [0.3, 0.4) is 0 Å². The third-order valence-electron chi connectivity index (χ3n) is 2.63. The number of nitrogens with one attached hydrogen (secondary N) is 1. The molecule has 0 aliphatic carbocycles. The van der Waals surface area contributed by atoms with E-state index in [0.29, 0.717) is 23.0 Å². The topological polar surface area (TPSA) is 29.1 Å². The van der Waals surface area contributed by atoms with Gasteiger partial charge in [0.25, 0.3) is 0 Å². The third kappa shape index (κ3) is 4.66. The average Bonchev–Trinajstić information content (AvgIpc) is 2.14. The van der Waals surface area contributed by atoms with E-state index in [9.17, 15) is 4.79 Å². The Labute approximate surface area is 112 Å². The van der Waals surface area contributed by atoms with Gasteiger partial charge in [0.15, 0.2) is 0 Å². The molecule has 1 aromatic carbocycles. The Morgan fingerprint density at radius 2 is 1.76 bits per heavy atom. The SMILES string of the molecule is CC(=O)CCNC(C)(C)c1cc(Cl)cc(Cl)c1. The Balaban J connectivity index is 2.77. The Bertz CT molecular complexity index is 396. The maximum absolute atomic E-state index is 10.9. The molecule has 0 radical (unpaired) electrons. The summed E-state index contributed by atoms with van der Waals surface area (Å²) in [7, 11) is 0. The summed E-state index contributed by atoms with van der Waals surface area (Å²) < 4.78 is 0. The number of carbonyl (C=O) groups is 1. The molecule has 0 aromatic heterocycles. The van der Waals surface area contributed by atoms with Crippen molar-refractivity contribution in [2.24, 2.45) is 0 Å². The van der Waals surface area contributed by atoms with E-state index in [0.717, 1.165) is 5.56 Å². The van der Waals surface area contributed by atoms with Gasteiger partial charge in [-0.3, -0.25) is 4.79 Å². The highest BCUT2D eigenvalue weighted by Crippen LogP contribution is 2.27. The first-order valence-corrected chi connectivity index (χ1v) is 6.28. The minimum atomic E-state index is -0.260. The van der Waals surface area contributed by atoms with Gasteiger partial charge in [-0.05, 0) is 44.5 Å². The molecule has 1 aromatic rings. The predicted octanol–water partition coefficient (Wildman–Crippen LogP) is 3.80. The molecular weight excluding hydrogens is 257 g/mol. The second-order valence-corrected chi connectivity index (χ2v) is 5.53. The number of hydrogen-bond donors (Lipinski definition) is 1. The summed E-state index contributed by atoms with van der Waals surface area (Å²) in [6.45, 7) is 6.31. The second kappa shape index (κ2) is 5.85. The highest BCUT2D eigenvalue weighted by atomic mass is 35.5. The lowest BCUT2D eigenvalue weighted by Gasteiger charge is -2.27. The van der Waals surface area contributed by atoms with Crippen LogP contribution in [0.2, 0.25) is 10.0 Å². The summed E-state index contributed by atoms with van der Waals surface area (Å²) >= 11 is 11.9. The molecule has 0 aliphatic rings. The minimum absolute atomic E-state index is 0.178. The normalized spacial score (nSPS) is 11.6. The van der Waals surface area contributed by atoms with Crippen molar-refractivity contribution in [2.75, 3.05) is 6.54 Å². The summed E-state index contributed by atoms with van der Waals surface area (Å²) in [5.74, 6) is 0.178. The maximum Gasteiger partial charge on any atom is 0.131 e. The molecule has 0 amide bonds. The molecule has 0 spiro atoms. The lowest BCUT2D eigenvalue weighted by Crippen LogP contribution is -2.37. The second-order valence-electron chi connectivity index (χ2n) is 4.66. The van der Waals surface area contributed by atoms with E-state index in [1.807, 2.05) is 26.0 Å². The maximum atomic E-state index is 10.9. The quantitative estimate of drug-likeness (QED) is 0.884. The van der Waals surface area contributed by atoms with Crippen LogP contribution in [0.4, 0.5) is 0 Å². The summed E-state index contributed by atoms with van der Waals surface area (Å²) in [5.41, 5.74) is 0.753. The van der Waals surface area contributed by atoms with Gasteiger partial charge in [0.2, 0.25) is 0 Å². The number of hydrogen-bond acceptors (Lipinski definition) is 2. The van der Waals surface area contributed by atoms with Crippen molar-refractivity contribution in [3.05, 3.63) is 33.8 Å². The number of rotatable bonds is 5. The van der Waals surface area contributed by atoms with Gasteiger partial charge in [-0.25, -0.2) is 0 Å². The summed E-state index contributed by atoms with van der Waals surface area (Å²) in [6, 6.07) is 5.47. The van der Waals surface area contributed by atoms with Crippen LogP contribution in [-0.2, 0) is 10.3 Å². The molecule has 1 rings (SSSR count). The molecule has 2 nitrogen and oxygen atoms in total. The van der Waals surface area contributed by atoms with Crippen molar-refractivity contribution < 1.29 is 4.79 Å². The number of ketones is 1. The Morgan fingerprint density at radius 1 is 1.24 bits per heavy atom. The Kier molecular flexibility index (Phi) is 4.99. The highest BCUT2D eigenvalue weighted by Gasteiger charge is 2.20. The molecule has 1 N–H and O–H groups in total. The fourth-order valence-electron chi connectivity index (χ4n) is 1.57. The molecule has 17 heavy (non-hydrogen) atoms. The van der Waals surface area contributed by atoms with Gasteiger partial charge in [-0.15, -0.1) is 0 Å². The number of carbonyl (C=O) groups excluding carboxylic acids is 1. The van der Waals surface area contributed by atoms with Crippen LogP contribution in [-0.4, -0.2) is 12.3 Å². The third-order valence-corrected chi connectivity index (χ3v) is 3.06. The van der Waals surface area contributed by atoms with Crippen molar-refractivity contribution in [3.8, 4) is 0 Å². The monoisotopic (exact) mass is 273 g/mol. The predicted molar refractivity (Wildman–Crippen MR) is 72.8 cm³/mol. The summed E-state index contributed by atoms with van der Waals surface area (Å²) in [5, 5.41) is 4.56. The zero-order valence-corrected chi connectivity index (χ0v) is 11.8. The molecular formula is C13H17Cl2NO. The first kappa shape index (κ1) is 14.5. The van der Waals surface area contributed by atoms with Gasteiger partial charge in [-0.1, -0.05) is 23.2 Å². The minimum Gasteiger partial charge on any atom is -0.307 e. The van der Waals surface area contributed by atoms with Crippen LogP contribution < -0.4 is 5.32 Å². The summed E-state index contributed by atoms with van der Waals surface area (Å²) in [4.78, 5) is 10.9. The van der Waals surface area contributed by atoms with Crippen molar-refractivity contribution in [2.45, 2.75) is 32.7 Å². The smallest absolute Gasteiger partial charge is 0.131 e. The van der Waals surface area contributed by atoms with Gasteiger partial charge in [0, 0.05) is 28.5 Å². The standard InChI is InChI=1S/C13H17Cl2NO/c1-9(17)4-5-16-13(2,3)10-6-11(14)8-12(15)7-10/h6-8,16H,4-5H2,1-3H3. The molecule has 0 aliphatic heterocycles. The fourth-order valence-corrected chi connectivity index (χ4v) is 2.09. The van der Waals surface area contributed by atoms with E-state index in [1.165, 1.54) is 0 Å². The zero-order valence-electron chi connectivity index (χ0n) is 10.3. The van der Waals surface area contributed by atoms with E-state index < -0.39 is 0 Å². The lowest BCUT2D eigenvalue weighted by atomic mass is 9.94. The van der Waals surface area contributed by atoms with E-state index in [1.54, 1.807) is 13.0 Å². The molecule has 0 saturated carbocycles. The summed E-state index contributed by atoms with van der Waals surface area (Å²) in [6.07, 6.45) is 0.526. The van der Waals surface area contributed by atoms with Gasteiger partial charge < -0.3 is 5.32 Å². The van der Waals surface area contributed by atoms with Crippen LogP contribution in [0.1, 0.15) is 32.8 Å². The largest absolute Gasteiger partial charge is 0.307 e. The van der Waals surface area contributed by atoms with E-state index in [2.05, 4.69) is 5.32 Å². The van der Waals surface area contributed by atoms with Gasteiger partial charge in [0.05, 0.1) is 0 Å². The zero-order chi connectivity index (χ0) is 13.1. The van der Waals surface area contributed by atoms with Crippen LogP contribution in [0.25, 0.3) is 0 Å². The van der Waals surface area contributed by atoms with E-state index in [-0.39, 0.29) is 11.3 Å². The Hall–Kier alpha value is -0.570. The van der Waals surface area contributed by atoms with Crippen LogP contribution in [0.5, 0.6) is 0 Å². The number of benzene rings is 1. The molecule has 0 heterocycles. The van der Waals surface area contributed by atoms with Crippen molar-refractivity contribution >= 4 is 29.0 Å². The first-order valence-electron chi connectivity index (χ1n) is 5.52. The molecule has 4 heteroatoms. The molecule has 0 bridgehead atoms. The number of Topliss-reactive ketones (excluding diaryl/α,β-unsaturated/α-hetero) is 1.